The second-order valence-corrected chi connectivity index (χ2v) is 8.01. The Morgan fingerprint density at radius 1 is 1.04 bits per heavy atom. The van der Waals surface area contributed by atoms with Gasteiger partial charge in [0.05, 0.1) is 17.8 Å². The van der Waals surface area contributed by atoms with Crippen LogP contribution in [0.2, 0.25) is 10.0 Å². The Bertz CT molecular complexity index is 1050. The summed E-state index contributed by atoms with van der Waals surface area (Å²) in [7, 11) is -3.99. The fourth-order valence-electron chi connectivity index (χ4n) is 2.26. The predicted octanol–water partition coefficient (Wildman–Crippen LogP) is 4.32. The molecule has 0 atom stereocenters. The minimum absolute atomic E-state index is 0.000881. The van der Waals surface area contributed by atoms with E-state index in [0.29, 0.717) is 16.5 Å². The van der Waals surface area contributed by atoms with Crippen LogP contribution in [0.4, 0.5) is 5.69 Å². The Labute approximate surface area is 166 Å². The maximum absolute atomic E-state index is 12.7. The molecule has 3 aromatic rings. The second kappa shape index (κ2) is 8.04. The summed E-state index contributed by atoms with van der Waals surface area (Å²) in [6.45, 7) is 0.180. The SMILES string of the molecule is O=C(NCc1ccco1)c1ccc(Cl)c(S(=O)(=O)Nc2ccc(Cl)cc2)c1. The van der Waals surface area contributed by atoms with Crippen molar-refractivity contribution in [3.63, 3.8) is 0 Å². The molecule has 0 saturated heterocycles. The van der Waals surface area contributed by atoms with Crippen molar-refractivity contribution in [2.45, 2.75) is 11.4 Å². The lowest BCUT2D eigenvalue weighted by molar-refractivity contribution is 0.0948. The quantitative estimate of drug-likeness (QED) is 0.616. The number of nitrogens with one attached hydrogen (secondary N) is 2. The highest BCUT2D eigenvalue weighted by Gasteiger charge is 2.20. The van der Waals surface area contributed by atoms with Crippen molar-refractivity contribution in [1.29, 1.82) is 0 Å². The van der Waals surface area contributed by atoms with E-state index in [4.69, 9.17) is 27.6 Å². The molecular weight excluding hydrogens is 411 g/mol. The predicted molar refractivity (Wildman–Crippen MR) is 104 cm³/mol. The molecule has 0 spiro atoms. The molecule has 3 rings (SSSR count). The van der Waals surface area contributed by atoms with Crippen molar-refractivity contribution in [2.75, 3.05) is 4.72 Å². The Hall–Kier alpha value is -2.48. The van der Waals surface area contributed by atoms with Crippen LogP contribution >= 0.6 is 23.2 Å². The summed E-state index contributed by atoms with van der Waals surface area (Å²) in [5, 5.41) is 3.13. The Kier molecular flexibility index (Phi) is 5.74. The zero-order valence-corrected chi connectivity index (χ0v) is 16.1. The second-order valence-electron chi connectivity index (χ2n) is 5.52. The first-order valence-corrected chi connectivity index (χ1v) is 9.97. The summed E-state index contributed by atoms with van der Waals surface area (Å²) in [4.78, 5) is 12.1. The molecule has 0 unspecified atom stereocenters. The van der Waals surface area contributed by atoms with Crippen molar-refractivity contribution in [3.05, 3.63) is 82.2 Å². The highest BCUT2D eigenvalue weighted by molar-refractivity contribution is 7.92. The summed E-state index contributed by atoms with van der Waals surface area (Å²) in [5.41, 5.74) is 0.477. The fraction of sp³-hybridized carbons (Fsp3) is 0.0556. The summed E-state index contributed by atoms with van der Waals surface area (Å²) in [6, 6.07) is 13.6. The summed E-state index contributed by atoms with van der Waals surface area (Å²) < 4.78 is 32.8. The zero-order chi connectivity index (χ0) is 19.4. The van der Waals surface area contributed by atoms with Crippen LogP contribution < -0.4 is 10.0 Å². The topological polar surface area (TPSA) is 88.4 Å². The van der Waals surface area contributed by atoms with Gasteiger partial charge in [-0.15, -0.1) is 0 Å². The smallest absolute Gasteiger partial charge is 0.263 e. The minimum atomic E-state index is -3.99. The monoisotopic (exact) mass is 424 g/mol. The first kappa shape index (κ1) is 19.3. The number of sulfonamides is 1. The van der Waals surface area contributed by atoms with E-state index < -0.39 is 15.9 Å². The number of halogens is 2. The number of furan rings is 1. The first-order chi connectivity index (χ1) is 12.8. The van der Waals surface area contributed by atoms with Crippen molar-refractivity contribution < 1.29 is 17.6 Å². The summed E-state index contributed by atoms with van der Waals surface area (Å²) in [6.07, 6.45) is 1.50. The van der Waals surface area contributed by atoms with Gasteiger partial charge in [0.25, 0.3) is 15.9 Å². The molecule has 0 bridgehead atoms. The van der Waals surface area contributed by atoms with Crippen molar-refractivity contribution in [2.24, 2.45) is 0 Å². The number of benzene rings is 2. The molecule has 27 heavy (non-hydrogen) atoms. The molecule has 2 N–H and O–H groups in total. The summed E-state index contributed by atoms with van der Waals surface area (Å²) in [5.74, 6) is 0.126. The zero-order valence-electron chi connectivity index (χ0n) is 13.8. The number of carbonyl (C=O) groups is 1. The molecule has 0 aliphatic rings. The van der Waals surface area contributed by atoms with Crippen LogP contribution in [0.15, 0.2) is 70.2 Å². The van der Waals surface area contributed by atoms with E-state index >= 15 is 0 Å². The largest absolute Gasteiger partial charge is 0.467 e. The average Bonchev–Trinajstić information content (AvgIpc) is 3.15. The van der Waals surface area contributed by atoms with Gasteiger partial charge in [-0.2, -0.15) is 0 Å². The molecule has 0 aliphatic carbocycles. The molecule has 1 heterocycles. The van der Waals surface area contributed by atoms with E-state index in [0.717, 1.165) is 0 Å². The lowest BCUT2D eigenvalue weighted by Crippen LogP contribution is -2.23. The van der Waals surface area contributed by atoms with Crippen LogP contribution in [-0.4, -0.2) is 14.3 Å². The van der Waals surface area contributed by atoms with Gasteiger partial charge in [0.1, 0.15) is 10.7 Å². The minimum Gasteiger partial charge on any atom is -0.467 e. The molecule has 1 amide bonds. The number of carbonyl (C=O) groups excluding carboxylic acids is 1. The Morgan fingerprint density at radius 3 is 2.44 bits per heavy atom. The van der Waals surface area contributed by atoms with Gasteiger partial charge < -0.3 is 9.73 Å². The van der Waals surface area contributed by atoms with Gasteiger partial charge >= 0.3 is 0 Å². The van der Waals surface area contributed by atoms with Gasteiger partial charge in [0.15, 0.2) is 0 Å². The average molecular weight is 425 g/mol. The van der Waals surface area contributed by atoms with Gasteiger partial charge in [0, 0.05) is 16.3 Å². The Balaban J connectivity index is 1.81. The van der Waals surface area contributed by atoms with Crippen molar-refractivity contribution >= 4 is 44.8 Å². The van der Waals surface area contributed by atoms with Gasteiger partial charge in [-0.05, 0) is 54.6 Å². The van der Waals surface area contributed by atoms with Gasteiger partial charge in [-0.25, -0.2) is 8.42 Å². The van der Waals surface area contributed by atoms with E-state index in [2.05, 4.69) is 10.0 Å². The van der Waals surface area contributed by atoms with Gasteiger partial charge in [-0.3, -0.25) is 9.52 Å². The lowest BCUT2D eigenvalue weighted by Gasteiger charge is -2.11. The third-order valence-corrected chi connectivity index (χ3v) is 5.70. The molecule has 9 heteroatoms. The molecule has 2 aromatic carbocycles. The molecule has 6 nitrogen and oxygen atoms in total. The van der Waals surface area contributed by atoms with E-state index in [1.807, 2.05) is 0 Å². The van der Waals surface area contributed by atoms with Gasteiger partial charge in [0.2, 0.25) is 0 Å². The third-order valence-electron chi connectivity index (χ3n) is 3.58. The van der Waals surface area contributed by atoms with Crippen molar-refractivity contribution in [3.8, 4) is 0 Å². The summed E-state index contributed by atoms with van der Waals surface area (Å²) >= 11 is 11.8. The molecule has 0 fully saturated rings. The number of amides is 1. The number of hydrogen-bond donors (Lipinski definition) is 2. The number of hydrogen-bond acceptors (Lipinski definition) is 4. The van der Waals surface area contributed by atoms with Crippen LogP contribution in [0.1, 0.15) is 16.1 Å². The number of rotatable bonds is 6. The van der Waals surface area contributed by atoms with Crippen LogP contribution in [0, 0.1) is 0 Å². The molecular formula is C18H14Cl2N2O4S. The molecule has 0 radical (unpaired) electrons. The van der Waals surface area contributed by atoms with Crippen LogP contribution in [0.3, 0.4) is 0 Å². The highest BCUT2D eigenvalue weighted by atomic mass is 35.5. The highest BCUT2D eigenvalue weighted by Crippen LogP contribution is 2.25. The molecule has 1 aromatic heterocycles. The molecule has 0 aliphatic heterocycles. The Morgan fingerprint density at radius 2 is 1.78 bits per heavy atom. The van der Waals surface area contributed by atoms with Crippen LogP contribution in [-0.2, 0) is 16.6 Å². The van der Waals surface area contributed by atoms with E-state index in [9.17, 15) is 13.2 Å². The van der Waals surface area contributed by atoms with Crippen LogP contribution in [0.5, 0.6) is 0 Å². The van der Waals surface area contributed by atoms with E-state index in [1.165, 1.54) is 36.6 Å². The number of anilines is 1. The first-order valence-electron chi connectivity index (χ1n) is 7.74. The molecule has 0 saturated carbocycles. The van der Waals surface area contributed by atoms with E-state index in [-0.39, 0.29) is 22.0 Å². The normalized spacial score (nSPS) is 11.2. The molecule has 140 valence electrons. The lowest BCUT2D eigenvalue weighted by atomic mass is 10.2. The fourth-order valence-corrected chi connectivity index (χ4v) is 3.97. The van der Waals surface area contributed by atoms with Crippen LogP contribution in [0.25, 0.3) is 0 Å². The maximum Gasteiger partial charge on any atom is 0.263 e. The third kappa shape index (κ3) is 4.82. The standard InChI is InChI=1S/C18H14Cl2N2O4S/c19-13-4-6-14(7-5-13)22-27(24,25)17-10-12(3-8-16(17)20)18(23)21-11-15-2-1-9-26-15/h1-10,22H,11H2,(H,21,23). The maximum atomic E-state index is 12.7. The van der Waals surface area contributed by atoms with E-state index in [1.54, 1.807) is 24.3 Å². The van der Waals surface area contributed by atoms with Crippen molar-refractivity contribution in [1.82, 2.24) is 5.32 Å². The van der Waals surface area contributed by atoms with Gasteiger partial charge in [-0.1, -0.05) is 23.2 Å².